The Morgan fingerprint density at radius 1 is 1.02 bits per heavy atom. The first-order valence-corrected chi connectivity index (χ1v) is 15.0. The summed E-state index contributed by atoms with van der Waals surface area (Å²) >= 11 is 0. The summed E-state index contributed by atoms with van der Waals surface area (Å²) in [5, 5.41) is 20.8. The van der Waals surface area contributed by atoms with Gasteiger partial charge in [0, 0.05) is 24.7 Å². The van der Waals surface area contributed by atoms with Crippen LogP contribution in [0.3, 0.4) is 0 Å². The van der Waals surface area contributed by atoms with Crippen LogP contribution in [0, 0.1) is 5.41 Å². The lowest BCUT2D eigenvalue weighted by Crippen LogP contribution is -2.58. The van der Waals surface area contributed by atoms with Crippen molar-refractivity contribution < 1.29 is 19.5 Å². The number of nitrogens with two attached hydrogens (primary N) is 1. The van der Waals surface area contributed by atoms with Gasteiger partial charge in [-0.1, -0.05) is 80.6 Å². The van der Waals surface area contributed by atoms with Crippen molar-refractivity contribution in [1.82, 2.24) is 21.3 Å². The third kappa shape index (κ3) is 8.15. The van der Waals surface area contributed by atoms with Gasteiger partial charge in [0.1, 0.15) is 6.04 Å². The van der Waals surface area contributed by atoms with Gasteiger partial charge in [-0.25, -0.2) is 9.59 Å². The van der Waals surface area contributed by atoms with Gasteiger partial charge >= 0.3 is 12.1 Å². The van der Waals surface area contributed by atoms with E-state index in [4.69, 9.17) is 5.73 Å². The molecule has 4 rings (SSSR count). The predicted molar refractivity (Wildman–Crippen MR) is 173 cm³/mol. The van der Waals surface area contributed by atoms with Gasteiger partial charge in [0.15, 0.2) is 0 Å². The number of hydrogen-bond donors (Lipinski definition) is 6. The van der Waals surface area contributed by atoms with E-state index in [1.54, 1.807) is 18.9 Å². The number of rotatable bonds is 10. The Morgan fingerprint density at radius 2 is 1.70 bits per heavy atom. The highest BCUT2D eigenvalue weighted by Crippen LogP contribution is 2.30. The van der Waals surface area contributed by atoms with E-state index in [2.05, 4.69) is 21.3 Å². The highest BCUT2D eigenvalue weighted by atomic mass is 16.3. The molecule has 3 aromatic rings. The molecule has 1 heterocycles. The average Bonchev–Trinajstić information content (AvgIpc) is 3.12. The molecule has 0 aliphatic carbocycles. The summed E-state index contributed by atoms with van der Waals surface area (Å²) in [5.41, 5.74) is 11.5. The maximum Gasteiger partial charge on any atom is 0.316 e. The van der Waals surface area contributed by atoms with Crippen LogP contribution in [0.5, 0.6) is 0 Å². The lowest BCUT2D eigenvalue weighted by Gasteiger charge is -2.33. The van der Waals surface area contributed by atoms with E-state index in [1.165, 1.54) is 0 Å². The van der Waals surface area contributed by atoms with Gasteiger partial charge in [-0.15, -0.1) is 0 Å². The lowest BCUT2D eigenvalue weighted by molar-refractivity contribution is -0.120. The third-order valence-corrected chi connectivity index (χ3v) is 8.09. The summed E-state index contributed by atoms with van der Waals surface area (Å²) in [7, 11) is 1.58. The number of aliphatic hydroxyl groups is 1. The smallest absolute Gasteiger partial charge is 0.316 e. The number of carbonyl (C=O) groups excluding carboxylic acids is 3. The number of para-hydroxylation sites is 1. The minimum atomic E-state index is -0.742. The molecule has 0 aromatic heterocycles. The highest BCUT2D eigenvalue weighted by Gasteiger charge is 2.33. The quantitative estimate of drug-likeness (QED) is 0.195. The van der Waals surface area contributed by atoms with Crippen LogP contribution in [0.15, 0.2) is 72.8 Å². The minimum Gasteiger partial charge on any atom is -0.393 e. The van der Waals surface area contributed by atoms with E-state index >= 15 is 0 Å². The molecule has 0 saturated carbocycles. The Balaban J connectivity index is 1.51. The number of fused-ring (bicyclic) bond motifs is 1. The first kappa shape index (κ1) is 32.5. The zero-order chi connectivity index (χ0) is 31.9. The fraction of sp³-hybridized carbons (Fsp3) is 0.382. The molecule has 10 nitrogen and oxygen atoms in total. The van der Waals surface area contributed by atoms with Gasteiger partial charge in [0.25, 0.3) is 0 Å². The van der Waals surface area contributed by atoms with Crippen LogP contribution in [0.2, 0.25) is 0 Å². The molecule has 1 aliphatic heterocycles. The second-order valence-corrected chi connectivity index (χ2v) is 12.1. The third-order valence-electron chi connectivity index (χ3n) is 8.09. The summed E-state index contributed by atoms with van der Waals surface area (Å²) in [6.45, 7) is 6.17. The van der Waals surface area contributed by atoms with Crippen LogP contribution in [-0.4, -0.2) is 48.4 Å². The van der Waals surface area contributed by atoms with E-state index in [0.717, 1.165) is 33.5 Å². The number of nitrogens with zero attached hydrogens (tertiary/aromatic N) is 1. The first-order valence-electron chi connectivity index (χ1n) is 15.0. The predicted octanol–water partition coefficient (Wildman–Crippen LogP) is 4.01. The first-order chi connectivity index (χ1) is 21.0. The van der Waals surface area contributed by atoms with Gasteiger partial charge in [-0.05, 0) is 60.1 Å². The minimum absolute atomic E-state index is 0.198. The number of hydrogen-bond acceptors (Lipinski definition) is 5. The molecule has 1 aliphatic rings. The van der Waals surface area contributed by atoms with Crippen LogP contribution in [0.25, 0.3) is 11.1 Å². The molecule has 10 heteroatoms. The molecule has 3 atom stereocenters. The second kappa shape index (κ2) is 14.4. The zero-order valence-electron chi connectivity index (χ0n) is 25.9. The number of carbonyl (C=O) groups is 3. The highest BCUT2D eigenvalue weighted by molar-refractivity contribution is 6.00. The van der Waals surface area contributed by atoms with E-state index in [1.807, 2.05) is 86.6 Å². The molecule has 3 aromatic carbocycles. The molecular weight excluding hydrogens is 556 g/mol. The average molecular weight is 601 g/mol. The SMILES string of the molecule is CNC(=O)NCc1ccccc1-c1ccc(CN2C(=O)C(NC(=O)N[C@@H](N)C(C)(C)C[C@@H](C)O)CCc3ccccc32)cc1. The molecule has 234 valence electrons. The van der Waals surface area contributed by atoms with Crippen molar-refractivity contribution in [3.8, 4) is 11.1 Å². The van der Waals surface area contributed by atoms with Crippen LogP contribution in [0.1, 0.15) is 50.3 Å². The van der Waals surface area contributed by atoms with E-state index in [9.17, 15) is 19.5 Å². The van der Waals surface area contributed by atoms with E-state index in [0.29, 0.717) is 32.4 Å². The maximum atomic E-state index is 13.9. The molecule has 7 N–H and O–H groups in total. The van der Waals surface area contributed by atoms with Crippen LogP contribution < -0.4 is 31.9 Å². The molecule has 0 radical (unpaired) electrons. The molecular formula is C34H44N6O4. The molecule has 0 saturated heterocycles. The number of benzene rings is 3. The zero-order valence-corrected chi connectivity index (χ0v) is 25.9. The maximum absolute atomic E-state index is 13.9. The summed E-state index contributed by atoms with van der Waals surface area (Å²) in [5.74, 6) is -0.198. The van der Waals surface area contributed by atoms with Crippen molar-refractivity contribution in [3.05, 3.63) is 89.5 Å². The number of urea groups is 2. The molecule has 0 spiro atoms. The molecule has 44 heavy (non-hydrogen) atoms. The van der Waals surface area contributed by atoms with Crippen molar-refractivity contribution in [2.24, 2.45) is 11.1 Å². The van der Waals surface area contributed by atoms with Crippen molar-refractivity contribution in [2.45, 2.75) is 71.4 Å². The molecule has 0 bridgehead atoms. The molecule has 0 fully saturated rings. The normalized spacial score (nSPS) is 16.3. The summed E-state index contributed by atoms with van der Waals surface area (Å²) in [6, 6.07) is 22.2. The monoisotopic (exact) mass is 600 g/mol. The van der Waals surface area contributed by atoms with Crippen molar-refractivity contribution in [1.29, 1.82) is 0 Å². The number of nitrogens with one attached hydrogen (secondary N) is 4. The molecule has 1 unspecified atom stereocenters. The number of aryl methyl sites for hydroxylation is 1. The molecule has 5 amide bonds. The van der Waals surface area contributed by atoms with Crippen molar-refractivity contribution >= 4 is 23.7 Å². The Hall–Kier alpha value is -4.41. The Kier molecular flexibility index (Phi) is 10.6. The van der Waals surface area contributed by atoms with E-state index < -0.39 is 29.8 Å². The number of anilines is 1. The largest absolute Gasteiger partial charge is 0.393 e. The number of aliphatic hydroxyl groups excluding tert-OH is 1. The Labute approximate surface area is 259 Å². The summed E-state index contributed by atoms with van der Waals surface area (Å²) in [6.07, 6.45) is 0.215. The van der Waals surface area contributed by atoms with Crippen LogP contribution in [-0.2, 0) is 24.3 Å². The van der Waals surface area contributed by atoms with Gasteiger partial charge in [0.2, 0.25) is 5.91 Å². The standard InChI is InChI=1S/C34H44N6O4/c1-22(41)19-34(2,3)31(35)39-33(44)38-28-18-17-25-9-6-8-12-29(25)40(30(28)42)21-23-13-15-24(16-14-23)27-11-7-5-10-26(27)20-37-32(43)36-4/h5-16,22,28,31,41H,17-21,35H2,1-4H3,(H2,36,37,43)(H2,38,39,44)/t22-,28?,31-/m1/s1. The van der Waals surface area contributed by atoms with Gasteiger partial charge < -0.3 is 37.0 Å². The fourth-order valence-corrected chi connectivity index (χ4v) is 5.63. The Bertz CT molecular complexity index is 1460. The van der Waals surface area contributed by atoms with Crippen LogP contribution in [0.4, 0.5) is 15.3 Å². The van der Waals surface area contributed by atoms with Crippen LogP contribution >= 0.6 is 0 Å². The number of amides is 5. The fourth-order valence-electron chi connectivity index (χ4n) is 5.63. The summed E-state index contributed by atoms with van der Waals surface area (Å²) in [4.78, 5) is 40.4. The van der Waals surface area contributed by atoms with Gasteiger partial charge in [-0.2, -0.15) is 0 Å². The Morgan fingerprint density at radius 3 is 2.41 bits per heavy atom. The van der Waals surface area contributed by atoms with Crippen molar-refractivity contribution in [2.75, 3.05) is 11.9 Å². The lowest BCUT2D eigenvalue weighted by atomic mass is 9.84. The second-order valence-electron chi connectivity index (χ2n) is 12.1. The summed E-state index contributed by atoms with van der Waals surface area (Å²) < 4.78 is 0. The van der Waals surface area contributed by atoms with Crippen molar-refractivity contribution in [3.63, 3.8) is 0 Å². The van der Waals surface area contributed by atoms with Gasteiger partial charge in [0.05, 0.1) is 18.8 Å². The topological polar surface area (TPSA) is 149 Å². The van der Waals surface area contributed by atoms with E-state index in [-0.39, 0.29) is 11.9 Å². The van der Waals surface area contributed by atoms with Gasteiger partial charge in [-0.3, -0.25) is 4.79 Å².